The van der Waals surface area contributed by atoms with E-state index in [1.54, 1.807) is 6.92 Å². The Hall–Kier alpha value is -1.64. The van der Waals surface area contributed by atoms with E-state index in [9.17, 15) is 9.59 Å². The zero-order valence-electron chi connectivity index (χ0n) is 16.6. The van der Waals surface area contributed by atoms with Crippen molar-refractivity contribution in [2.24, 2.45) is 11.3 Å². The minimum Gasteiger partial charge on any atom is -0.274 e. The summed E-state index contributed by atoms with van der Waals surface area (Å²) in [5.74, 6) is -0.393. The van der Waals surface area contributed by atoms with Crippen LogP contribution < -0.4 is 4.90 Å². The molecule has 134 valence electrons. The van der Waals surface area contributed by atoms with Crippen LogP contribution in [0.15, 0.2) is 24.3 Å². The molecule has 1 unspecified atom stereocenters. The molecule has 1 heterocycles. The summed E-state index contributed by atoms with van der Waals surface area (Å²) in [6.07, 6.45) is 1.38. The Balaban J connectivity index is 0.00000139. The molecule has 1 aromatic carbocycles. The maximum atomic E-state index is 12.1. The average Bonchev–Trinajstić information content (AvgIpc) is 2.72. The Labute approximate surface area is 147 Å². The lowest BCUT2D eigenvalue weighted by atomic mass is 9.72. The predicted molar refractivity (Wildman–Crippen MR) is 101 cm³/mol. The smallest absolute Gasteiger partial charge is 0.237 e. The summed E-state index contributed by atoms with van der Waals surface area (Å²) in [7, 11) is 0. The van der Waals surface area contributed by atoms with Gasteiger partial charge in [-0.1, -0.05) is 67.5 Å². The van der Waals surface area contributed by atoms with Crippen LogP contribution in [0.5, 0.6) is 0 Å². The van der Waals surface area contributed by atoms with Gasteiger partial charge in [0.05, 0.1) is 5.69 Å². The van der Waals surface area contributed by atoms with Gasteiger partial charge in [-0.05, 0) is 34.9 Å². The van der Waals surface area contributed by atoms with Crippen molar-refractivity contribution in [1.82, 2.24) is 0 Å². The average molecular weight is 332 g/mol. The molecule has 1 aliphatic rings. The van der Waals surface area contributed by atoms with Crippen LogP contribution in [0.2, 0.25) is 0 Å². The number of carbonyl (C=O) groups excluding carboxylic acids is 2. The molecule has 0 bridgehead atoms. The van der Waals surface area contributed by atoms with Crippen LogP contribution in [0.3, 0.4) is 0 Å². The van der Waals surface area contributed by atoms with E-state index in [1.165, 1.54) is 10.5 Å². The van der Waals surface area contributed by atoms with Crippen molar-refractivity contribution < 1.29 is 9.59 Å². The molecule has 3 heteroatoms. The maximum Gasteiger partial charge on any atom is 0.237 e. The first-order chi connectivity index (χ1) is 11.0. The number of hydrogen-bond donors (Lipinski definition) is 0. The number of rotatable bonds is 3. The number of carbonyl (C=O) groups is 2. The molecule has 1 atom stereocenters. The molecule has 0 radical (unpaired) electrons. The summed E-state index contributed by atoms with van der Waals surface area (Å²) in [4.78, 5) is 25.4. The summed E-state index contributed by atoms with van der Waals surface area (Å²) < 4.78 is 0. The van der Waals surface area contributed by atoms with Gasteiger partial charge in [0.25, 0.3) is 0 Å². The molecule has 0 saturated carbocycles. The number of imide groups is 1. The highest BCUT2D eigenvalue weighted by Crippen LogP contribution is 2.37. The normalized spacial score (nSPS) is 18.5. The van der Waals surface area contributed by atoms with Crippen LogP contribution in [0.1, 0.15) is 73.8 Å². The highest BCUT2D eigenvalue weighted by Gasteiger charge is 2.36. The van der Waals surface area contributed by atoms with E-state index in [0.29, 0.717) is 12.1 Å². The number of nitrogens with zero attached hydrogens (tertiary/aromatic N) is 1. The largest absolute Gasteiger partial charge is 0.274 e. The van der Waals surface area contributed by atoms with Gasteiger partial charge in [0.1, 0.15) is 0 Å². The van der Waals surface area contributed by atoms with Crippen molar-refractivity contribution in [3.63, 3.8) is 0 Å². The van der Waals surface area contributed by atoms with Crippen LogP contribution >= 0.6 is 0 Å². The van der Waals surface area contributed by atoms with Gasteiger partial charge in [-0.3, -0.25) is 14.5 Å². The lowest BCUT2D eigenvalue weighted by molar-refractivity contribution is -0.122. The van der Waals surface area contributed by atoms with Crippen LogP contribution in [0.25, 0.3) is 0 Å². The quantitative estimate of drug-likeness (QED) is 0.702. The maximum absolute atomic E-state index is 12.1. The van der Waals surface area contributed by atoms with Crippen molar-refractivity contribution in [1.29, 1.82) is 0 Å². The molecule has 1 fully saturated rings. The Morgan fingerprint density at radius 3 is 1.88 bits per heavy atom. The summed E-state index contributed by atoms with van der Waals surface area (Å²) in [5, 5.41) is 0. The molecule has 1 aliphatic heterocycles. The van der Waals surface area contributed by atoms with Crippen LogP contribution in [0, 0.1) is 11.3 Å². The van der Waals surface area contributed by atoms with E-state index >= 15 is 0 Å². The van der Waals surface area contributed by atoms with Crippen LogP contribution in [-0.2, 0) is 15.0 Å². The van der Waals surface area contributed by atoms with Crippen molar-refractivity contribution in [3.8, 4) is 0 Å². The number of hydrogen-bond acceptors (Lipinski definition) is 2. The number of benzene rings is 1. The fourth-order valence-electron chi connectivity index (χ4n) is 3.54. The highest BCUT2D eigenvalue weighted by molar-refractivity contribution is 6.20. The molecular weight excluding hydrogens is 298 g/mol. The Morgan fingerprint density at radius 2 is 1.50 bits per heavy atom. The molecule has 0 N–H and O–H groups in total. The number of amides is 2. The molecule has 0 aromatic heterocycles. The van der Waals surface area contributed by atoms with Gasteiger partial charge >= 0.3 is 0 Å². The van der Waals surface area contributed by atoms with Crippen molar-refractivity contribution in [3.05, 3.63) is 29.8 Å². The predicted octanol–water partition coefficient (Wildman–Crippen LogP) is 5.33. The van der Waals surface area contributed by atoms with E-state index < -0.39 is 0 Å². The molecule has 2 amide bonds. The van der Waals surface area contributed by atoms with Gasteiger partial charge in [0.15, 0.2) is 0 Å². The van der Waals surface area contributed by atoms with E-state index in [0.717, 1.165) is 6.42 Å². The van der Waals surface area contributed by atoms with Crippen LogP contribution in [0.4, 0.5) is 5.69 Å². The first kappa shape index (κ1) is 20.4. The van der Waals surface area contributed by atoms with E-state index in [2.05, 4.69) is 34.6 Å². The van der Waals surface area contributed by atoms with Gasteiger partial charge in [0, 0.05) is 12.3 Å². The second-order valence-corrected chi connectivity index (χ2v) is 8.34. The third-order valence-corrected chi connectivity index (χ3v) is 4.25. The molecule has 3 nitrogen and oxygen atoms in total. The third-order valence-electron chi connectivity index (χ3n) is 4.25. The van der Waals surface area contributed by atoms with Gasteiger partial charge in [-0.15, -0.1) is 0 Å². The molecule has 1 aromatic rings. The second-order valence-electron chi connectivity index (χ2n) is 8.34. The molecular formula is C21H33NO2. The fourth-order valence-corrected chi connectivity index (χ4v) is 3.54. The molecule has 0 aliphatic carbocycles. The van der Waals surface area contributed by atoms with Gasteiger partial charge in [-0.25, -0.2) is 0 Å². The summed E-state index contributed by atoms with van der Waals surface area (Å²) in [6, 6.07) is 7.89. The topological polar surface area (TPSA) is 37.4 Å². The minimum atomic E-state index is -0.204. The Kier molecular flexibility index (Phi) is 6.38. The highest BCUT2D eigenvalue weighted by atomic mass is 16.2. The van der Waals surface area contributed by atoms with Crippen molar-refractivity contribution >= 4 is 17.5 Å². The molecule has 24 heavy (non-hydrogen) atoms. The molecule has 0 spiro atoms. The third kappa shape index (κ3) is 4.68. The fraction of sp³-hybridized carbons (Fsp3) is 0.619. The van der Waals surface area contributed by atoms with E-state index in [1.807, 2.05) is 38.1 Å². The summed E-state index contributed by atoms with van der Waals surface area (Å²) >= 11 is 0. The molecule has 1 saturated heterocycles. The SMILES string of the molecule is CC.CC1CC(=O)N(c2ccc(C(C)(C)CC(C)(C)C)cc2)C1=O. The van der Waals surface area contributed by atoms with Crippen LogP contribution in [-0.4, -0.2) is 11.8 Å². The Bertz CT molecular complexity index is 579. The summed E-state index contributed by atoms with van der Waals surface area (Å²) in [6.45, 7) is 17.0. The molecule has 2 rings (SSSR count). The monoisotopic (exact) mass is 331 g/mol. The van der Waals surface area contributed by atoms with Crippen molar-refractivity contribution in [2.45, 2.75) is 73.6 Å². The lowest BCUT2D eigenvalue weighted by Gasteiger charge is -2.33. The summed E-state index contributed by atoms with van der Waals surface area (Å²) in [5.41, 5.74) is 2.23. The first-order valence-corrected chi connectivity index (χ1v) is 8.99. The van der Waals surface area contributed by atoms with E-state index in [4.69, 9.17) is 0 Å². The van der Waals surface area contributed by atoms with Gasteiger partial charge < -0.3 is 0 Å². The van der Waals surface area contributed by atoms with Crippen molar-refractivity contribution in [2.75, 3.05) is 4.90 Å². The lowest BCUT2D eigenvalue weighted by Crippen LogP contribution is -2.30. The Morgan fingerprint density at radius 1 is 1.00 bits per heavy atom. The van der Waals surface area contributed by atoms with E-state index in [-0.39, 0.29) is 28.6 Å². The second kappa shape index (κ2) is 7.50. The number of anilines is 1. The van der Waals surface area contributed by atoms with Gasteiger partial charge in [0.2, 0.25) is 11.8 Å². The standard InChI is InChI=1S/C19H27NO2.C2H6/c1-13-11-16(21)20(17(13)22)15-9-7-14(8-10-15)19(5,6)12-18(2,3)4;1-2/h7-10,13H,11-12H2,1-6H3;1-2H3. The zero-order valence-corrected chi connectivity index (χ0v) is 16.6. The zero-order chi connectivity index (χ0) is 18.7. The minimum absolute atomic E-state index is 0.0586. The first-order valence-electron chi connectivity index (χ1n) is 8.99. The van der Waals surface area contributed by atoms with Gasteiger partial charge in [-0.2, -0.15) is 0 Å².